The fraction of sp³-hybridized carbons (Fsp3) is 0.0833. The normalized spacial score (nSPS) is 14.8. The van der Waals surface area contributed by atoms with Crippen molar-refractivity contribution in [2.45, 2.75) is 0 Å². The molecule has 0 aromatic heterocycles. The highest BCUT2D eigenvalue weighted by atomic mass is 79.9. The largest absolute Gasteiger partial charge is 0.494 e. The van der Waals surface area contributed by atoms with Crippen LogP contribution in [-0.2, 0) is 9.59 Å². The molecule has 2 N–H and O–H groups in total. The molecule has 1 aliphatic rings. The third-order valence-electron chi connectivity index (χ3n) is 2.48. The summed E-state index contributed by atoms with van der Waals surface area (Å²) in [7, 11) is 1.55. The van der Waals surface area contributed by atoms with Gasteiger partial charge in [0.15, 0.2) is 5.11 Å². The molecule has 0 aliphatic carbocycles. The molecule has 1 aromatic rings. The lowest BCUT2D eigenvalue weighted by Crippen LogP contribution is -2.51. The van der Waals surface area contributed by atoms with E-state index in [4.69, 9.17) is 17.0 Å². The quantitative estimate of drug-likeness (QED) is 0.437. The van der Waals surface area contributed by atoms with Crippen molar-refractivity contribution in [2.75, 3.05) is 7.11 Å². The van der Waals surface area contributed by atoms with Gasteiger partial charge in [-0.25, -0.2) is 0 Å². The summed E-state index contributed by atoms with van der Waals surface area (Å²) in [5, 5.41) is 4.76. The van der Waals surface area contributed by atoms with Crippen LogP contribution in [-0.4, -0.2) is 24.0 Å². The molecule has 8 heteroatoms. The van der Waals surface area contributed by atoms with E-state index in [1.807, 2.05) is 0 Å². The molecule has 20 heavy (non-hydrogen) atoms. The lowest BCUT2D eigenvalue weighted by Gasteiger charge is -2.16. The summed E-state index contributed by atoms with van der Waals surface area (Å²) < 4.78 is 6.59. The van der Waals surface area contributed by atoms with Gasteiger partial charge in [0.05, 0.1) is 16.1 Å². The smallest absolute Gasteiger partial charge is 0.263 e. The predicted octanol–water partition coefficient (Wildman–Crippen LogP) is 2.13. The van der Waals surface area contributed by atoms with Crippen molar-refractivity contribution in [1.82, 2.24) is 10.6 Å². The minimum absolute atomic E-state index is 0.00856. The molecular formula is C12H8Br2N2O3S. The Morgan fingerprint density at radius 3 is 2.10 bits per heavy atom. The third-order valence-corrected chi connectivity index (χ3v) is 3.86. The number of amides is 2. The maximum atomic E-state index is 11.7. The predicted molar refractivity (Wildman–Crippen MR) is 85.3 cm³/mol. The molecule has 1 fully saturated rings. The maximum absolute atomic E-state index is 11.7. The summed E-state index contributed by atoms with van der Waals surface area (Å²) in [6, 6.07) is 3.48. The first-order chi connectivity index (χ1) is 9.42. The summed E-state index contributed by atoms with van der Waals surface area (Å²) >= 11 is 11.4. The first kappa shape index (κ1) is 15.1. The second-order valence-electron chi connectivity index (χ2n) is 3.81. The van der Waals surface area contributed by atoms with Gasteiger partial charge in [-0.15, -0.1) is 0 Å². The lowest BCUT2D eigenvalue weighted by atomic mass is 10.1. The van der Waals surface area contributed by atoms with Crippen molar-refractivity contribution in [3.05, 3.63) is 32.2 Å². The molecule has 2 rings (SSSR count). The zero-order valence-electron chi connectivity index (χ0n) is 10.1. The second-order valence-corrected chi connectivity index (χ2v) is 5.93. The standard InChI is InChI=1S/C12H8Br2N2O3S/c1-19-9-7(13)3-5(4-8(9)14)2-6-10(17)15-12(20)16-11(6)18/h2-4H,1H3,(H2,15,16,17,18,20). The van der Waals surface area contributed by atoms with Gasteiger partial charge in [0, 0.05) is 0 Å². The number of hydrogen-bond donors (Lipinski definition) is 2. The van der Waals surface area contributed by atoms with Crippen LogP contribution in [0.5, 0.6) is 5.75 Å². The molecule has 1 saturated heterocycles. The number of ether oxygens (including phenoxy) is 1. The number of hydrogen-bond acceptors (Lipinski definition) is 4. The fourth-order valence-electron chi connectivity index (χ4n) is 1.63. The molecule has 0 radical (unpaired) electrons. The van der Waals surface area contributed by atoms with Gasteiger partial charge in [0.1, 0.15) is 11.3 Å². The Morgan fingerprint density at radius 2 is 1.65 bits per heavy atom. The van der Waals surface area contributed by atoms with Crippen LogP contribution in [0.2, 0.25) is 0 Å². The number of carbonyl (C=O) groups is 2. The Kier molecular flexibility index (Phi) is 4.56. The SMILES string of the molecule is COc1c(Br)cc(C=C2C(=O)NC(=S)NC2=O)cc1Br. The van der Waals surface area contributed by atoms with E-state index in [2.05, 4.69) is 42.5 Å². The lowest BCUT2D eigenvalue weighted by molar-refractivity contribution is -0.123. The monoisotopic (exact) mass is 418 g/mol. The first-order valence-electron chi connectivity index (χ1n) is 5.33. The van der Waals surface area contributed by atoms with E-state index in [-0.39, 0.29) is 10.7 Å². The van der Waals surface area contributed by atoms with E-state index >= 15 is 0 Å². The van der Waals surface area contributed by atoms with Gasteiger partial charge >= 0.3 is 0 Å². The molecule has 0 spiro atoms. The summed E-state index contributed by atoms with van der Waals surface area (Å²) in [5.41, 5.74) is 0.653. The van der Waals surface area contributed by atoms with Crippen LogP contribution < -0.4 is 15.4 Å². The number of rotatable bonds is 2. The van der Waals surface area contributed by atoms with Crippen molar-refractivity contribution >= 4 is 67.1 Å². The molecule has 2 amide bonds. The van der Waals surface area contributed by atoms with E-state index in [9.17, 15) is 9.59 Å². The highest BCUT2D eigenvalue weighted by molar-refractivity contribution is 9.11. The zero-order chi connectivity index (χ0) is 14.9. The van der Waals surface area contributed by atoms with Crippen LogP contribution in [0.25, 0.3) is 6.08 Å². The van der Waals surface area contributed by atoms with Gasteiger partial charge in [0.25, 0.3) is 11.8 Å². The van der Waals surface area contributed by atoms with Crippen molar-refractivity contribution in [3.63, 3.8) is 0 Å². The Balaban J connectivity index is 2.42. The Morgan fingerprint density at radius 1 is 1.15 bits per heavy atom. The topological polar surface area (TPSA) is 67.4 Å². The molecule has 0 bridgehead atoms. The van der Waals surface area contributed by atoms with Gasteiger partial charge in [-0.1, -0.05) is 0 Å². The van der Waals surface area contributed by atoms with Crippen LogP contribution >= 0.6 is 44.1 Å². The van der Waals surface area contributed by atoms with Crippen molar-refractivity contribution in [1.29, 1.82) is 0 Å². The zero-order valence-corrected chi connectivity index (χ0v) is 14.1. The van der Waals surface area contributed by atoms with Gasteiger partial charge in [-0.3, -0.25) is 20.2 Å². The summed E-state index contributed by atoms with van der Waals surface area (Å²) in [6.07, 6.45) is 1.47. The average Bonchev–Trinajstić information content (AvgIpc) is 2.33. The third kappa shape index (κ3) is 3.08. The highest BCUT2D eigenvalue weighted by Gasteiger charge is 2.25. The van der Waals surface area contributed by atoms with E-state index < -0.39 is 11.8 Å². The van der Waals surface area contributed by atoms with E-state index in [1.54, 1.807) is 19.2 Å². The molecule has 1 aliphatic heterocycles. The van der Waals surface area contributed by atoms with Crippen LogP contribution in [0.3, 0.4) is 0 Å². The number of halogens is 2. The van der Waals surface area contributed by atoms with E-state index in [0.29, 0.717) is 20.3 Å². The second kappa shape index (κ2) is 6.02. The van der Waals surface area contributed by atoms with Gasteiger partial charge in [0.2, 0.25) is 0 Å². The minimum atomic E-state index is -0.526. The minimum Gasteiger partial charge on any atom is -0.494 e. The molecule has 1 aromatic carbocycles. The molecule has 5 nitrogen and oxygen atoms in total. The Labute approximate surface area is 137 Å². The van der Waals surface area contributed by atoms with Crippen LogP contribution in [0.4, 0.5) is 0 Å². The molecular weight excluding hydrogens is 412 g/mol. The van der Waals surface area contributed by atoms with E-state index in [0.717, 1.165) is 0 Å². The fourth-order valence-corrected chi connectivity index (χ4v) is 3.36. The van der Waals surface area contributed by atoms with Gasteiger partial charge in [-0.05, 0) is 67.8 Å². The first-order valence-corrected chi connectivity index (χ1v) is 7.33. The van der Waals surface area contributed by atoms with E-state index in [1.165, 1.54) is 6.08 Å². The van der Waals surface area contributed by atoms with Crippen LogP contribution in [0.1, 0.15) is 5.56 Å². The number of nitrogens with one attached hydrogen (secondary N) is 2. The molecule has 0 saturated carbocycles. The molecule has 104 valence electrons. The van der Waals surface area contributed by atoms with Gasteiger partial charge < -0.3 is 4.74 Å². The Hall–Kier alpha value is -1.25. The Bertz CT molecular complexity index is 613. The number of methoxy groups -OCH3 is 1. The van der Waals surface area contributed by atoms with Crippen molar-refractivity contribution < 1.29 is 14.3 Å². The van der Waals surface area contributed by atoms with Crippen molar-refractivity contribution in [3.8, 4) is 5.75 Å². The molecule has 1 heterocycles. The van der Waals surface area contributed by atoms with Crippen LogP contribution in [0, 0.1) is 0 Å². The number of carbonyl (C=O) groups excluding carboxylic acids is 2. The number of thiocarbonyl (C=S) groups is 1. The molecule has 0 atom stereocenters. The van der Waals surface area contributed by atoms with Crippen molar-refractivity contribution in [2.24, 2.45) is 0 Å². The number of benzene rings is 1. The summed E-state index contributed by atoms with van der Waals surface area (Å²) in [4.78, 5) is 23.5. The molecule has 0 unspecified atom stereocenters. The summed E-state index contributed by atoms with van der Waals surface area (Å²) in [6.45, 7) is 0. The average molecular weight is 420 g/mol. The highest BCUT2D eigenvalue weighted by Crippen LogP contribution is 2.35. The van der Waals surface area contributed by atoms with Crippen LogP contribution in [0.15, 0.2) is 26.7 Å². The summed E-state index contributed by atoms with van der Waals surface area (Å²) in [5.74, 6) is -0.422. The van der Waals surface area contributed by atoms with Gasteiger partial charge in [-0.2, -0.15) is 0 Å². The maximum Gasteiger partial charge on any atom is 0.263 e.